The van der Waals surface area contributed by atoms with Gasteiger partial charge in [0.25, 0.3) is 0 Å². The number of hydrogen-bond donors (Lipinski definition) is 0. The standard InChI is InChI=1S/C26H40Cl2O4/c1-2-3-4-5-6-7-8-9-10-11-12-13-14-19-31-25(29)17-18-26(30)32-21-22-15-16-23(27)20-24(22)28/h15-16,20H,2-14,17-19,21H2,1H3. The molecule has 32 heavy (non-hydrogen) atoms. The minimum Gasteiger partial charge on any atom is -0.466 e. The highest BCUT2D eigenvalue weighted by molar-refractivity contribution is 6.35. The minimum atomic E-state index is -0.450. The van der Waals surface area contributed by atoms with E-state index in [2.05, 4.69) is 6.92 Å². The number of ether oxygens (including phenoxy) is 2. The Hall–Kier alpha value is -1.26. The predicted molar refractivity (Wildman–Crippen MR) is 132 cm³/mol. The van der Waals surface area contributed by atoms with Gasteiger partial charge in [-0.25, -0.2) is 0 Å². The van der Waals surface area contributed by atoms with E-state index in [4.69, 9.17) is 32.7 Å². The van der Waals surface area contributed by atoms with Crippen molar-refractivity contribution in [1.29, 1.82) is 0 Å². The molecule has 0 N–H and O–H groups in total. The average Bonchev–Trinajstić information content (AvgIpc) is 2.77. The summed E-state index contributed by atoms with van der Waals surface area (Å²) in [5.74, 6) is -0.806. The Balaban J connectivity index is 1.90. The first kappa shape index (κ1) is 28.8. The van der Waals surface area contributed by atoms with Crippen molar-refractivity contribution in [2.24, 2.45) is 0 Å². The lowest BCUT2D eigenvalue weighted by molar-refractivity contribution is -0.151. The summed E-state index contributed by atoms with van der Waals surface area (Å²) in [5, 5.41) is 0.971. The third-order valence-corrected chi connectivity index (χ3v) is 6.03. The summed E-state index contributed by atoms with van der Waals surface area (Å²) in [6.45, 7) is 2.74. The fourth-order valence-corrected chi connectivity index (χ4v) is 3.91. The molecule has 0 saturated heterocycles. The molecule has 0 aromatic heterocycles. The second-order valence-electron chi connectivity index (χ2n) is 8.36. The highest BCUT2D eigenvalue weighted by Gasteiger charge is 2.10. The summed E-state index contributed by atoms with van der Waals surface area (Å²) < 4.78 is 10.4. The van der Waals surface area contributed by atoms with Crippen molar-refractivity contribution in [3.05, 3.63) is 33.8 Å². The maximum Gasteiger partial charge on any atom is 0.306 e. The van der Waals surface area contributed by atoms with Crippen LogP contribution in [0.2, 0.25) is 10.0 Å². The number of carbonyl (C=O) groups is 2. The second-order valence-corrected chi connectivity index (χ2v) is 9.20. The van der Waals surface area contributed by atoms with Crippen LogP contribution in [0.15, 0.2) is 18.2 Å². The van der Waals surface area contributed by atoms with Gasteiger partial charge in [-0.05, 0) is 18.6 Å². The average molecular weight is 488 g/mol. The van der Waals surface area contributed by atoms with Crippen LogP contribution in [0.5, 0.6) is 0 Å². The van der Waals surface area contributed by atoms with E-state index in [1.165, 1.54) is 70.6 Å². The molecule has 6 heteroatoms. The lowest BCUT2D eigenvalue weighted by atomic mass is 10.0. The van der Waals surface area contributed by atoms with Gasteiger partial charge in [0.2, 0.25) is 0 Å². The number of benzene rings is 1. The molecule has 0 fully saturated rings. The van der Waals surface area contributed by atoms with Crippen molar-refractivity contribution in [2.45, 2.75) is 110 Å². The molecular weight excluding hydrogens is 447 g/mol. The summed E-state index contributed by atoms with van der Waals surface area (Å²) in [5.41, 5.74) is 0.675. The number of unbranched alkanes of at least 4 members (excludes halogenated alkanes) is 12. The first-order valence-electron chi connectivity index (χ1n) is 12.3. The molecule has 4 nitrogen and oxygen atoms in total. The van der Waals surface area contributed by atoms with Gasteiger partial charge in [0, 0.05) is 15.6 Å². The van der Waals surface area contributed by atoms with E-state index < -0.39 is 5.97 Å². The number of rotatable bonds is 19. The van der Waals surface area contributed by atoms with E-state index >= 15 is 0 Å². The van der Waals surface area contributed by atoms with E-state index in [0.29, 0.717) is 22.2 Å². The monoisotopic (exact) mass is 486 g/mol. The minimum absolute atomic E-state index is 0.00263. The fourth-order valence-electron chi connectivity index (χ4n) is 3.45. The molecule has 0 heterocycles. The van der Waals surface area contributed by atoms with E-state index in [0.717, 1.165) is 12.8 Å². The van der Waals surface area contributed by atoms with Crippen molar-refractivity contribution in [3.63, 3.8) is 0 Å². The van der Waals surface area contributed by atoms with E-state index in [1.54, 1.807) is 18.2 Å². The van der Waals surface area contributed by atoms with Crippen LogP contribution in [0.25, 0.3) is 0 Å². The molecule has 182 valence electrons. The third-order valence-electron chi connectivity index (χ3n) is 5.45. The zero-order valence-corrected chi connectivity index (χ0v) is 21.2. The first-order valence-corrected chi connectivity index (χ1v) is 13.0. The quantitative estimate of drug-likeness (QED) is 0.145. The Morgan fingerprint density at radius 2 is 1.22 bits per heavy atom. The molecule has 1 rings (SSSR count). The number of carbonyl (C=O) groups excluding carboxylic acids is 2. The van der Waals surface area contributed by atoms with Crippen molar-refractivity contribution in [2.75, 3.05) is 6.61 Å². The van der Waals surface area contributed by atoms with Gasteiger partial charge >= 0.3 is 11.9 Å². The van der Waals surface area contributed by atoms with E-state index in [1.807, 2.05) is 0 Å². The maximum absolute atomic E-state index is 11.8. The van der Waals surface area contributed by atoms with Gasteiger partial charge in [-0.2, -0.15) is 0 Å². The van der Waals surface area contributed by atoms with Gasteiger partial charge in [0.05, 0.1) is 19.4 Å². The molecule has 1 aromatic rings. The van der Waals surface area contributed by atoms with Crippen molar-refractivity contribution in [3.8, 4) is 0 Å². The molecule has 0 unspecified atom stereocenters. The zero-order chi connectivity index (χ0) is 23.4. The third kappa shape index (κ3) is 15.5. The number of esters is 2. The molecule has 0 aliphatic rings. The molecule has 0 atom stereocenters. The first-order chi connectivity index (χ1) is 15.5. The van der Waals surface area contributed by atoms with Gasteiger partial charge in [0.1, 0.15) is 6.61 Å². The molecule has 0 amide bonds. The molecule has 0 bridgehead atoms. The smallest absolute Gasteiger partial charge is 0.306 e. The summed E-state index contributed by atoms with van der Waals surface area (Å²) in [6, 6.07) is 4.99. The van der Waals surface area contributed by atoms with Crippen LogP contribution in [-0.2, 0) is 25.7 Å². The van der Waals surface area contributed by atoms with Crippen molar-refractivity contribution < 1.29 is 19.1 Å². The molecule has 0 aliphatic carbocycles. The van der Waals surface area contributed by atoms with Crippen LogP contribution in [0.3, 0.4) is 0 Å². The molecule has 0 aliphatic heterocycles. The lowest BCUT2D eigenvalue weighted by Crippen LogP contribution is -2.11. The number of hydrogen-bond acceptors (Lipinski definition) is 4. The Bertz CT molecular complexity index is 649. The Morgan fingerprint density at radius 1 is 0.719 bits per heavy atom. The molecular formula is C26H40Cl2O4. The van der Waals surface area contributed by atoms with Gasteiger partial charge in [-0.15, -0.1) is 0 Å². The highest BCUT2D eigenvalue weighted by atomic mass is 35.5. The van der Waals surface area contributed by atoms with Gasteiger partial charge < -0.3 is 9.47 Å². The van der Waals surface area contributed by atoms with Crippen LogP contribution in [-0.4, -0.2) is 18.5 Å². The van der Waals surface area contributed by atoms with Crippen LogP contribution >= 0.6 is 23.2 Å². The van der Waals surface area contributed by atoms with Crippen LogP contribution in [0.4, 0.5) is 0 Å². The molecule has 1 aromatic carbocycles. The fraction of sp³-hybridized carbons (Fsp3) is 0.692. The summed E-state index contributed by atoms with van der Waals surface area (Å²) in [4.78, 5) is 23.6. The van der Waals surface area contributed by atoms with Crippen molar-refractivity contribution >= 4 is 35.1 Å². The summed E-state index contributed by atoms with van der Waals surface area (Å²) >= 11 is 11.9. The Kier molecular flexibility index (Phi) is 17.3. The van der Waals surface area contributed by atoms with Gasteiger partial charge in [-0.1, -0.05) is 113 Å². The summed E-state index contributed by atoms with van der Waals surface area (Å²) in [7, 11) is 0. The summed E-state index contributed by atoms with van der Waals surface area (Å²) in [6.07, 6.45) is 16.7. The SMILES string of the molecule is CCCCCCCCCCCCCCCOC(=O)CCC(=O)OCc1ccc(Cl)cc1Cl. The van der Waals surface area contributed by atoms with Crippen LogP contribution in [0, 0.1) is 0 Å². The van der Waals surface area contributed by atoms with Crippen LogP contribution < -0.4 is 0 Å². The predicted octanol–water partition coefficient (Wildman–Crippen LogP) is 8.45. The molecule has 0 saturated carbocycles. The zero-order valence-electron chi connectivity index (χ0n) is 19.6. The Morgan fingerprint density at radius 3 is 1.75 bits per heavy atom. The van der Waals surface area contributed by atoms with E-state index in [-0.39, 0.29) is 25.4 Å². The van der Waals surface area contributed by atoms with Gasteiger partial charge in [-0.3, -0.25) is 9.59 Å². The molecule has 0 radical (unpaired) electrons. The maximum atomic E-state index is 11.8. The van der Waals surface area contributed by atoms with Crippen molar-refractivity contribution in [1.82, 2.24) is 0 Å². The second kappa shape index (κ2) is 19.2. The largest absolute Gasteiger partial charge is 0.466 e. The Labute approximate surface area is 204 Å². The van der Waals surface area contributed by atoms with Gasteiger partial charge in [0.15, 0.2) is 0 Å². The topological polar surface area (TPSA) is 52.6 Å². The highest BCUT2D eigenvalue weighted by Crippen LogP contribution is 2.21. The van der Waals surface area contributed by atoms with E-state index in [9.17, 15) is 9.59 Å². The molecule has 0 spiro atoms. The lowest BCUT2D eigenvalue weighted by Gasteiger charge is -2.07. The van der Waals surface area contributed by atoms with Crippen LogP contribution in [0.1, 0.15) is 109 Å². The number of halogens is 2. The normalized spacial score (nSPS) is 10.8.